The summed E-state index contributed by atoms with van der Waals surface area (Å²) in [6, 6.07) is 16.4. The molecule has 2 aliphatic rings. The van der Waals surface area contributed by atoms with E-state index in [0.717, 1.165) is 40.3 Å². The summed E-state index contributed by atoms with van der Waals surface area (Å²) >= 11 is 3.34. The third-order valence-electron chi connectivity index (χ3n) is 9.55. The zero-order valence-corrected chi connectivity index (χ0v) is 35.9. The van der Waals surface area contributed by atoms with Gasteiger partial charge in [0.05, 0.1) is 20.4 Å². The maximum absolute atomic E-state index is 6.31. The van der Waals surface area contributed by atoms with Crippen LogP contribution in [0.3, 0.4) is 0 Å². The lowest BCUT2D eigenvalue weighted by atomic mass is 9.88. The second-order valence-corrected chi connectivity index (χ2v) is 25.7. The van der Waals surface area contributed by atoms with E-state index in [9.17, 15) is 0 Å². The molecule has 0 fully saturated rings. The fraction of sp³-hybridized carbons (Fsp3) is 0.353. The van der Waals surface area contributed by atoms with E-state index in [4.69, 9.17) is 36.5 Å². The number of hydrogen-bond donors (Lipinski definition) is 0. The predicted molar refractivity (Wildman–Crippen MR) is 219 cm³/mol. The van der Waals surface area contributed by atoms with Gasteiger partial charge in [0.2, 0.25) is 0 Å². The van der Waals surface area contributed by atoms with Gasteiger partial charge >= 0.3 is 17.6 Å². The summed E-state index contributed by atoms with van der Waals surface area (Å²) in [7, 11) is 10.0. The molecule has 0 spiro atoms. The van der Waals surface area contributed by atoms with Gasteiger partial charge in [0.15, 0.2) is 0 Å². The second kappa shape index (κ2) is 16.0. The van der Waals surface area contributed by atoms with Crippen LogP contribution in [-0.4, -0.2) is 70.2 Å². The van der Waals surface area contributed by atoms with Gasteiger partial charge in [0, 0.05) is 52.5 Å². The number of nitrogens with zero attached hydrogens (tertiary/aromatic N) is 2. The molecule has 0 amide bonds. The normalized spacial score (nSPS) is 24.2. The molecule has 6 rings (SSSR count). The van der Waals surface area contributed by atoms with Crippen LogP contribution in [0.5, 0.6) is 0 Å². The highest BCUT2D eigenvalue weighted by Crippen LogP contribution is 2.63. The minimum atomic E-state index is -3.41. The standard InChI is InChI=1S/C34H40N2O6S6Si2/c1-23-15-13-21-29(33(23,49(37-3,38-4)39-5)31-35-25-17-9-11-19-27(25)43-31)45-47-48-46-30-22-14-16-24(2)34(30,50(40-6,41-7)42-8)32-36-26-18-10-12-20-28(26)44-32/h9-24H,1-8H3. The van der Waals surface area contributed by atoms with Gasteiger partial charge in [0.1, 0.15) is 20.1 Å². The molecule has 2 aromatic heterocycles. The fourth-order valence-electron chi connectivity index (χ4n) is 7.18. The molecule has 4 unspecified atom stereocenters. The molecule has 16 heteroatoms. The SMILES string of the molecule is CO[Si](OC)(OC)C1(c2nc3ccccc3s2)C(SSSSC2=CC=CC(C)C2(c2nc3ccccc3s2)[Si](OC)(OC)OC)=CC=CC1C. The third-order valence-corrected chi connectivity index (χ3v) is 26.0. The molecule has 0 saturated heterocycles. The zero-order chi connectivity index (χ0) is 35.6. The van der Waals surface area contributed by atoms with Crippen LogP contribution < -0.4 is 0 Å². The summed E-state index contributed by atoms with van der Waals surface area (Å²) in [5.74, 6) is -0.0356. The van der Waals surface area contributed by atoms with E-state index in [1.165, 1.54) is 0 Å². The number of fused-ring (bicyclic) bond motifs is 2. The van der Waals surface area contributed by atoms with Crippen LogP contribution in [0.4, 0.5) is 0 Å². The highest BCUT2D eigenvalue weighted by molar-refractivity contribution is 9.26. The Morgan fingerprint density at radius 3 is 1.28 bits per heavy atom. The molecule has 4 aromatic rings. The lowest BCUT2D eigenvalue weighted by Gasteiger charge is -2.47. The van der Waals surface area contributed by atoms with Gasteiger partial charge < -0.3 is 26.6 Å². The van der Waals surface area contributed by atoms with Crippen LogP contribution in [0.25, 0.3) is 20.4 Å². The van der Waals surface area contributed by atoms with Crippen molar-refractivity contribution in [1.82, 2.24) is 9.97 Å². The number of allylic oxidation sites excluding steroid dienone is 8. The van der Waals surface area contributed by atoms with Crippen molar-refractivity contribution >= 4 is 102 Å². The number of aromatic nitrogens is 2. The van der Waals surface area contributed by atoms with Crippen LogP contribution in [0.1, 0.15) is 23.9 Å². The minimum absolute atomic E-state index is 0.0178. The van der Waals surface area contributed by atoms with E-state index in [1.54, 1.807) is 107 Å². The quantitative estimate of drug-likeness (QED) is 0.0651. The Morgan fingerprint density at radius 1 is 0.580 bits per heavy atom. The molecule has 0 N–H and O–H groups in total. The molecule has 2 aliphatic carbocycles. The molecule has 4 atom stereocenters. The lowest BCUT2D eigenvalue weighted by molar-refractivity contribution is 0.0902. The zero-order valence-electron chi connectivity index (χ0n) is 29.0. The summed E-state index contributed by atoms with van der Waals surface area (Å²) in [6.45, 7) is 4.39. The van der Waals surface area contributed by atoms with Crippen molar-refractivity contribution in [1.29, 1.82) is 0 Å². The van der Waals surface area contributed by atoms with Gasteiger partial charge in [-0.3, -0.25) is 0 Å². The summed E-state index contributed by atoms with van der Waals surface area (Å²) < 4.78 is 40.1. The first kappa shape index (κ1) is 38.5. The van der Waals surface area contributed by atoms with Crippen LogP contribution >= 0.6 is 63.9 Å². The van der Waals surface area contributed by atoms with E-state index in [0.29, 0.717) is 0 Å². The van der Waals surface area contributed by atoms with E-state index in [1.807, 2.05) is 36.4 Å². The van der Waals surface area contributed by atoms with Gasteiger partial charge in [-0.25, -0.2) is 9.97 Å². The monoisotopic (exact) mass is 820 g/mol. The van der Waals surface area contributed by atoms with Crippen molar-refractivity contribution in [3.63, 3.8) is 0 Å². The Labute approximate surface area is 319 Å². The second-order valence-electron chi connectivity index (χ2n) is 11.6. The smallest absolute Gasteiger partial charge is 0.376 e. The predicted octanol–water partition coefficient (Wildman–Crippen LogP) is 9.77. The third kappa shape index (κ3) is 6.00. The Kier molecular flexibility index (Phi) is 12.3. The largest absolute Gasteiger partial charge is 0.519 e. The van der Waals surface area contributed by atoms with Crippen molar-refractivity contribution in [3.8, 4) is 0 Å². The lowest BCUT2D eigenvalue weighted by Crippen LogP contribution is -2.65. The Morgan fingerprint density at radius 2 is 0.940 bits per heavy atom. The molecular weight excluding hydrogens is 781 g/mol. The summed E-state index contributed by atoms with van der Waals surface area (Å²) in [5, 5.41) is 0.320. The number of benzene rings is 2. The number of para-hydroxylation sites is 2. The van der Waals surface area contributed by atoms with E-state index < -0.39 is 27.7 Å². The molecule has 0 bridgehead atoms. The number of hydrogen-bond acceptors (Lipinski definition) is 14. The fourth-order valence-corrected chi connectivity index (χ4v) is 24.2. The maximum atomic E-state index is 6.31. The van der Waals surface area contributed by atoms with Crippen LogP contribution in [0.2, 0.25) is 0 Å². The number of rotatable bonds is 15. The molecule has 0 saturated carbocycles. The maximum Gasteiger partial charge on any atom is 0.519 e. The minimum Gasteiger partial charge on any atom is -0.376 e. The first-order valence-electron chi connectivity index (χ1n) is 15.8. The topological polar surface area (TPSA) is 81.2 Å². The van der Waals surface area contributed by atoms with Crippen molar-refractivity contribution in [3.05, 3.63) is 105 Å². The highest BCUT2D eigenvalue weighted by atomic mass is 33.7. The van der Waals surface area contributed by atoms with Gasteiger partial charge in [-0.1, -0.05) is 74.6 Å². The molecule has 266 valence electrons. The van der Waals surface area contributed by atoms with Gasteiger partial charge in [0.25, 0.3) is 0 Å². The first-order chi connectivity index (χ1) is 24.3. The summed E-state index contributed by atoms with van der Waals surface area (Å²) in [5.41, 5.74) is 1.89. The van der Waals surface area contributed by atoms with Crippen LogP contribution in [0, 0.1) is 11.8 Å². The van der Waals surface area contributed by atoms with E-state index in [-0.39, 0.29) is 11.8 Å². The van der Waals surface area contributed by atoms with Gasteiger partial charge in [-0.2, -0.15) is 0 Å². The molecule has 8 nitrogen and oxygen atoms in total. The number of thiazole rings is 2. The van der Waals surface area contributed by atoms with Crippen LogP contribution in [0.15, 0.2) is 94.8 Å². The molecule has 50 heavy (non-hydrogen) atoms. The Hall–Kier alpha value is -1.23. The van der Waals surface area contributed by atoms with Gasteiger partial charge in [-0.15, -0.1) is 22.7 Å². The summed E-state index contributed by atoms with van der Waals surface area (Å²) in [6.07, 6.45) is 12.9. The van der Waals surface area contributed by atoms with E-state index >= 15 is 0 Å². The Balaban J connectivity index is 1.36. The van der Waals surface area contributed by atoms with Crippen molar-refractivity contribution in [2.75, 3.05) is 42.7 Å². The van der Waals surface area contributed by atoms with Crippen molar-refractivity contribution in [2.24, 2.45) is 11.8 Å². The molecule has 2 aromatic carbocycles. The van der Waals surface area contributed by atoms with E-state index in [2.05, 4.69) is 62.4 Å². The average molecular weight is 821 g/mol. The molecular formula is C34H40N2O6S6Si2. The first-order valence-corrected chi connectivity index (χ1v) is 25.7. The highest BCUT2D eigenvalue weighted by Gasteiger charge is 2.69. The van der Waals surface area contributed by atoms with Crippen molar-refractivity contribution < 1.29 is 26.6 Å². The summed E-state index contributed by atoms with van der Waals surface area (Å²) in [4.78, 5) is 12.5. The van der Waals surface area contributed by atoms with Crippen LogP contribution in [-0.2, 0) is 36.6 Å². The van der Waals surface area contributed by atoms with Crippen molar-refractivity contribution in [2.45, 2.75) is 23.9 Å². The molecule has 2 heterocycles. The van der Waals surface area contributed by atoms with Gasteiger partial charge in [-0.05, 0) is 77.3 Å². The molecule has 0 aliphatic heterocycles. The molecule has 0 radical (unpaired) electrons. The Bertz CT molecular complexity index is 1720. The average Bonchev–Trinajstić information content (AvgIpc) is 3.78.